The first-order valence-corrected chi connectivity index (χ1v) is 6.46. The van der Waals surface area contributed by atoms with Crippen LogP contribution < -0.4 is 0 Å². The molecule has 2 aromatic rings. The van der Waals surface area contributed by atoms with Crippen LogP contribution in [0.5, 0.6) is 0 Å². The number of hydrogen-bond acceptors (Lipinski definition) is 2. The van der Waals surface area contributed by atoms with Crippen molar-refractivity contribution in [3.05, 3.63) is 35.8 Å². The molecule has 0 bridgehead atoms. The van der Waals surface area contributed by atoms with Crippen molar-refractivity contribution in [3.63, 3.8) is 0 Å². The van der Waals surface area contributed by atoms with Crippen molar-refractivity contribution in [2.75, 3.05) is 0 Å². The topological polar surface area (TPSA) is 33.4 Å². The highest BCUT2D eigenvalue weighted by molar-refractivity contribution is 5.78. The van der Waals surface area contributed by atoms with E-state index in [4.69, 9.17) is 4.42 Å². The summed E-state index contributed by atoms with van der Waals surface area (Å²) in [6.07, 6.45) is 3.74. The van der Waals surface area contributed by atoms with E-state index in [9.17, 15) is 9.50 Å². The second kappa shape index (κ2) is 4.09. The van der Waals surface area contributed by atoms with Gasteiger partial charge < -0.3 is 9.52 Å². The maximum atomic E-state index is 13.1. The highest BCUT2D eigenvalue weighted by atomic mass is 19.1. The molecule has 1 heterocycles. The van der Waals surface area contributed by atoms with Gasteiger partial charge in [-0.1, -0.05) is 19.8 Å². The van der Waals surface area contributed by atoms with E-state index in [0.29, 0.717) is 16.7 Å². The minimum Gasteiger partial charge on any atom is -0.458 e. The lowest BCUT2D eigenvalue weighted by Crippen LogP contribution is -2.21. The van der Waals surface area contributed by atoms with Crippen LogP contribution in [0.2, 0.25) is 0 Å². The fraction of sp³-hybridized carbons (Fsp3) is 0.467. The van der Waals surface area contributed by atoms with Crippen molar-refractivity contribution >= 4 is 11.0 Å². The summed E-state index contributed by atoms with van der Waals surface area (Å²) in [6, 6.07) is 6.18. The average Bonchev–Trinajstić information content (AvgIpc) is 2.94. The van der Waals surface area contributed by atoms with Gasteiger partial charge in [0.2, 0.25) is 0 Å². The molecule has 0 radical (unpaired) electrons. The Morgan fingerprint density at radius 1 is 1.28 bits per heavy atom. The van der Waals surface area contributed by atoms with Gasteiger partial charge in [-0.25, -0.2) is 4.39 Å². The molecule has 0 spiro atoms. The number of rotatable bonds is 2. The third-order valence-corrected chi connectivity index (χ3v) is 4.17. The van der Waals surface area contributed by atoms with Gasteiger partial charge >= 0.3 is 0 Å². The van der Waals surface area contributed by atoms with Crippen molar-refractivity contribution in [3.8, 4) is 0 Å². The van der Waals surface area contributed by atoms with Crippen molar-refractivity contribution in [1.82, 2.24) is 0 Å². The van der Waals surface area contributed by atoms with Gasteiger partial charge in [0.15, 0.2) is 0 Å². The normalized spacial score (nSPS) is 20.4. The highest BCUT2D eigenvalue weighted by Crippen LogP contribution is 2.47. The minimum absolute atomic E-state index is 0.105. The van der Waals surface area contributed by atoms with Crippen LogP contribution in [0.15, 0.2) is 28.7 Å². The molecule has 1 unspecified atom stereocenters. The van der Waals surface area contributed by atoms with E-state index in [0.717, 1.165) is 25.7 Å². The largest absolute Gasteiger partial charge is 0.458 e. The summed E-state index contributed by atoms with van der Waals surface area (Å²) in [6.45, 7) is 2.10. The zero-order chi connectivity index (χ0) is 12.8. The summed E-state index contributed by atoms with van der Waals surface area (Å²) in [4.78, 5) is 0. The van der Waals surface area contributed by atoms with Gasteiger partial charge in [0, 0.05) is 10.8 Å². The molecule has 0 saturated heterocycles. The Labute approximate surface area is 105 Å². The first-order valence-electron chi connectivity index (χ1n) is 6.46. The summed E-state index contributed by atoms with van der Waals surface area (Å²) in [7, 11) is 0. The number of fused-ring (bicyclic) bond motifs is 1. The van der Waals surface area contributed by atoms with Gasteiger partial charge in [0.25, 0.3) is 0 Å². The standard InChI is InChI=1S/C15H17FO2/c1-15(6-2-3-7-15)14(17)13-9-10-8-11(16)4-5-12(10)18-13/h4-5,8-9,14,17H,2-3,6-7H2,1H3. The van der Waals surface area contributed by atoms with Crippen molar-refractivity contribution in [2.45, 2.75) is 38.7 Å². The molecular formula is C15H17FO2. The molecule has 18 heavy (non-hydrogen) atoms. The predicted molar refractivity (Wildman–Crippen MR) is 67.7 cm³/mol. The Morgan fingerprint density at radius 3 is 2.72 bits per heavy atom. The summed E-state index contributed by atoms with van der Waals surface area (Å²) in [5.74, 6) is 0.274. The van der Waals surface area contributed by atoms with E-state index >= 15 is 0 Å². The van der Waals surface area contributed by atoms with Gasteiger partial charge in [-0.05, 0) is 37.1 Å². The Bertz CT molecular complexity index is 567. The Hall–Kier alpha value is -1.35. The Kier molecular flexibility index (Phi) is 2.67. The lowest BCUT2D eigenvalue weighted by Gasteiger charge is -2.28. The first-order chi connectivity index (χ1) is 8.58. The van der Waals surface area contributed by atoms with E-state index < -0.39 is 6.10 Å². The monoisotopic (exact) mass is 248 g/mol. The molecule has 3 heteroatoms. The van der Waals surface area contributed by atoms with E-state index in [1.54, 1.807) is 12.1 Å². The number of benzene rings is 1. The van der Waals surface area contributed by atoms with Gasteiger partial charge in [0.05, 0.1) is 0 Å². The second-order valence-electron chi connectivity index (χ2n) is 5.59. The highest BCUT2D eigenvalue weighted by Gasteiger charge is 2.38. The average molecular weight is 248 g/mol. The van der Waals surface area contributed by atoms with Crippen LogP contribution >= 0.6 is 0 Å². The van der Waals surface area contributed by atoms with Gasteiger partial charge in [-0.15, -0.1) is 0 Å². The summed E-state index contributed by atoms with van der Waals surface area (Å²) in [5, 5.41) is 11.2. The number of hydrogen-bond donors (Lipinski definition) is 1. The van der Waals surface area contributed by atoms with E-state index in [-0.39, 0.29) is 11.2 Å². The maximum Gasteiger partial charge on any atom is 0.134 e. The zero-order valence-electron chi connectivity index (χ0n) is 10.4. The molecule has 1 aliphatic rings. The molecular weight excluding hydrogens is 231 g/mol. The van der Waals surface area contributed by atoms with E-state index in [1.807, 2.05) is 0 Å². The molecule has 1 aromatic heterocycles. The van der Waals surface area contributed by atoms with Crippen LogP contribution in [0.1, 0.15) is 44.5 Å². The molecule has 1 atom stereocenters. The fourth-order valence-electron chi connectivity index (χ4n) is 2.97. The van der Waals surface area contributed by atoms with Gasteiger partial charge in [-0.3, -0.25) is 0 Å². The molecule has 1 N–H and O–H groups in total. The second-order valence-corrected chi connectivity index (χ2v) is 5.59. The molecule has 2 nitrogen and oxygen atoms in total. The van der Waals surface area contributed by atoms with Gasteiger partial charge in [-0.2, -0.15) is 0 Å². The number of aliphatic hydroxyl groups excluding tert-OH is 1. The number of furan rings is 1. The molecule has 1 saturated carbocycles. The van der Waals surface area contributed by atoms with Crippen molar-refractivity contribution in [2.24, 2.45) is 5.41 Å². The third kappa shape index (κ3) is 1.83. The summed E-state index contributed by atoms with van der Waals surface area (Å²) in [5.41, 5.74) is 0.527. The Balaban J connectivity index is 1.98. The third-order valence-electron chi connectivity index (χ3n) is 4.17. The fourth-order valence-corrected chi connectivity index (χ4v) is 2.97. The molecule has 3 rings (SSSR count). The SMILES string of the molecule is CC1(C(O)c2cc3cc(F)ccc3o2)CCCC1. The van der Waals surface area contributed by atoms with Crippen LogP contribution in [0.3, 0.4) is 0 Å². The van der Waals surface area contributed by atoms with Crippen LogP contribution in [-0.2, 0) is 0 Å². The minimum atomic E-state index is -0.601. The molecule has 1 fully saturated rings. The maximum absolute atomic E-state index is 13.1. The molecule has 0 aliphatic heterocycles. The molecule has 1 aromatic carbocycles. The molecule has 96 valence electrons. The van der Waals surface area contributed by atoms with Gasteiger partial charge in [0.1, 0.15) is 23.3 Å². The molecule has 0 amide bonds. The lowest BCUT2D eigenvalue weighted by molar-refractivity contribution is 0.0246. The van der Waals surface area contributed by atoms with Crippen LogP contribution in [0, 0.1) is 11.2 Å². The smallest absolute Gasteiger partial charge is 0.134 e. The summed E-state index contributed by atoms with van der Waals surface area (Å²) < 4.78 is 18.8. The lowest BCUT2D eigenvalue weighted by atomic mass is 9.81. The van der Waals surface area contributed by atoms with Crippen LogP contribution in [0.25, 0.3) is 11.0 Å². The number of aliphatic hydroxyl groups is 1. The Morgan fingerprint density at radius 2 is 2.00 bits per heavy atom. The summed E-state index contributed by atoms with van der Waals surface area (Å²) >= 11 is 0. The first kappa shape index (κ1) is 11.7. The molecule has 1 aliphatic carbocycles. The van der Waals surface area contributed by atoms with Crippen LogP contribution in [0.4, 0.5) is 4.39 Å². The van der Waals surface area contributed by atoms with Crippen molar-refractivity contribution < 1.29 is 13.9 Å². The van der Waals surface area contributed by atoms with E-state index in [2.05, 4.69) is 6.92 Å². The van der Waals surface area contributed by atoms with E-state index in [1.165, 1.54) is 12.1 Å². The van der Waals surface area contributed by atoms with Crippen molar-refractivity contribution in [1.29, 1.82) is 0 Å². The quantitative estimate of drug-likeness (QED) is 0.864. The van der Waals surface area contributed by atoms with Crippen LogP contribution in [-0.4, -0.2) is 5.11 Å². The number of halogens is 1. The zero-order valence-corrected chi connectivity index (χ0v) is 10.4. The predicted octanol–water partition coefficient (Wildman–Crippen LogP) is 4.19.